The fourth-order valence-corrected chi connectivity index (χ4v) is 3.07. The zero-order valence-corrected chi connectivity index (χ0v) is 15.0. The quantitative estimate of drug-likeness (QED) is 0.657. The van der Waals surface area contributed by atoms with Crippen LogP contribution in [0.1, 0.15) is 65.4 Å². The lowest BCUT2D eigenvalue weighted by atomic mass is 9.88. The van der Waals surface area contributed by atoms with Crippen molar-refractivity contribution in [1.29, 1.82) is 0 Å². The summed E-state index contributed by atoms with van der Waals surface area (Å²) in [6.07, 6.45) is 11.0. The maximum atomic E-state index is 9.56. The van der Waals surface area contributed by atoms with Crippen LogP contribution < -0.4 is 4.74 Å². The molecule has 2 rings (SSSR count). The van der Waals surface area contributed by atoms with Gasteiger partial charge >= 0.3 is 0 Å². The van der Waals surface area contributed by atoms with Crippen molar-refractivity contribution in [2.24, 2.45) is 0 Å². The molecule has 1 atom stereocenters. The number of hydrogen-bond donors (Lipinski definition) is 1. The number of phenols is 1. The highest BCUT2D eigenvalue weighted by atomic mass is 16.5. The summed E-state index contributed by atoms with van der Waals surface area (Å²) < 4.78 is 6.22. The Morgan fingerprint density at radius 3 is 2.74 bits per heavy atom. The molecule has 0 saturated heterocycles. The van der Waals surface area contributed by atoms with E-state index in [1.807, 2.05) is 12.1 Å². The Hall–Kier alpha value is -1.70. The smallest absolute Gasteiger partial charge is 0.123 e. The first-order valence-corrected chi connectivity index (χ1v) is 8.68. The number of rotatable bonds is 6. The third kappa shape index (κ3) is 5.46. The number of phenolic OH excluding ortho intramolecular Hbond substituents is 1. The van der Waals surface area contributed by atoms with E-state index in [0.29, 0.717) is 5.75 Å². The fraction of sp³-hybridized carbons (Fsp3) is 0.524. The summed E-state index contributed by atoms with van der Waals surface area (Å²) >= 11 is 0. The van der Waals surface area contributed by atoms with E-state index < -0.39 is 0 Å². The molecule has 1 aliphatic heterocycles. The standard InChI is InChI=1S/C21H30O2/c1-16(2)7-5-8-17(3)9-6-13-21(4)14-12-18-15-19(22)10-11-20(18)23-21/h7,9-11,15,22H,5-6,8,12-14H2,1-4H3/b17-9+/t21-/m0/s1. The number of hydrogen-bond acceptors (Lipinski definition) is 2. The second-order valence-corrected chi connectivity index (χ2v) is 7.25. The van der Waals surface area contributed by atoms with Gasteiger partial charge in [-0.05, 0) is 90.0 Å². The maximum Gasteiger partial charge on any atom is 0.123 e. The summed E-state index contributed by atoms with van der Waals surface area (Å²) in [5.74, 6) is 1.26. The Balaban J connectivity index is 1.86. The molecule has 0 amide bonds. The number of aromatic hydroxyl groups is 1. The highest BCUT2D eigenvalue weighted by Crippen LogP contribution is 2.37. The van der Waals surface area contributed by atoms with E-state index in [1.54, 1.807) is 6.07 Å². The van der Waals surface area contributed by atoms with Gasteiger partial charge in [0.1, 0.15) is 17.1 Å². The second-order valence-electron chi connectivity index (χ2n) is 7.25. The van der Waals surface area contributed by atoms with Crippen LogP contribution in [0.4, 0.5) is 0 Å². The van der Waals surface area contributed by atoms with E-state index >= 15 is 0 Å². The van der Waals surface area contributed by atoms with Gasteiger partial charge in [0.05, 0.1) is 0 Å². The van der Waals surface area contributed by atoms with Crippen LogP contribution in [0.15, 0.2) is 41.5 Å². The van der Waals surface area contributed by atoms with Gasteiger partial charge in [-0.2, -0.15) is 0 Å². The Morgan fingerprint density at radius 2 is 2.00 bits per heavy atom. The van der Waals surface area contributed by atoms with Gasteiger partial charge in [-0.15, -0.1) is 0 Å². The normalized spacial score (nSPS) is 20.6. The van der Waals surface area contributed by atoms with Crippen molar-refractivity contribution in [3.05, 3.63) is 47.1 Å². The minimum Gasteiger partial charge on any atom is -0.508 e. The summed E-state index contributed by atoms with van der Waals surface area (Å²) in [7, 11) is 0. The molecule has 1 aromatic carbocycles. The molecule has 0 aliphatic carbocycles. The van der Waals surface area contributed by atoms with Gasteiger partial charge in [-0.1, -0.05) is 23.3 Å². The largest absolute Gasteiger partial charge is 0.508 e. The zero-order chi connectivity index (χ0) is 16.9. The molecular weight excluding hydrogens is 284 g/mol. The van der Waals surface area contributed by atoms with Crippen molar-refractivity contribution in [2.75, 3.05) is 0 Å². The van der Waals surface area contributed by atoms with Crippen LogP contribution in [0, 0.1) is 0 Å². The molecule has 1 aromatic rings. The molecule has 2 nitrogen and oxygen atoms in total. The van der Waals surface area contributed by atoms with E-state index in [0.717, 1.165) is 49.8 Å². The highest BCUT2D eigenvalue weighted by molar-refractivity contribution is 5.41. The highest BCUT2D eigenvalue weighted by Gasteiger charge is 2.30. The van der Waals surface area contributed by atoms with Gasteiger partial charge in [0.2, 0.25) is 0 Å². The molecule has 126 valence electrons. The topological polar surface area (TPSA) is 29.5 Å². The molecule has 0 radical (unpaired) electrons. The molecular formula is C21H30O2. The molecule has 1 heterocycles. The average molecular weight is 314 g/mol. The maximum absolute atomic E-state index is 9.56. The first-order valence-electron chi connectivity index (χ1n) is 8.68. The zero-order valence-electron chi connectivity index (χ0n) is 15.0. The van der Waals surface area contributed by atoms with Gasteiger partial charge in [0.25, 0.3) is 0 Å². The van der Waals surface area contributed by atoms with Gasteiger partial charge in [0, 0.05) is 0 Å². The molecule has 0 unspecified atom stereocenters. The van der Waals surface area contributed by atoms with Crippen molar-refractivity contribution in [2.45, 2.75) is 71.8 Å². The molecule has 0 fully saturated rings. The Labute approximate surface area is 140 Å². The number of allylic oxidation sites excluding steroid dienone is 4. The van der Waals surface area contributed by atoms with Crippen molar-refractivity contribution >= 4 is 0 Å². The van der Waals surface area contributed by atoms with Crippen LogP contribution in [0.5, 0.6) is 11.5 Å². The van der Waals surface area contributed by atoms with E-state index in [1.165, 1.54) is 11.1 Å². The van der Waals surface area contributed by atoms with E-state index in [4.69, 9.17) is 4.74 Å². The third-order valence-corrected chi connectivity index (χ3v) is 4.58. The predicted molar refractivity (Wildman–Crippen MR) is 97.1 cm³/mol. The predicted octanol–water partition coefficient (Wildman–Crippen LogP) is 5.95. The summed E-state index contributed by atoms with van der Waals surface area (Å²) in [6, 6.07) is 5.42. The minimum atomic E-state index is -0.0966. The van der Waals surface area contributed by atoms with Crippen molar-refractivity contribution in [3.63, 3.8) is 0 Å². The molecule has 23 heavy (non-hydrogen) atoms. The van der Waals surface area contributed by atoms with Gasteiger partial charge < -0.3 is 9.84 Å². The summed E-state index contributed by atoms with van der Waals surface area (Å²) in [5, 5.41) is 9.56. The van der Waals surface area contributed by atoms with E-state index in [-0.39, 0.29) is 5.60 Å². The molecule has 0 aromatic heterocycles. The van der Waals surface area contributed by atoms with E-state index in [2.05, 4.69) is 39.8 Å². The van der Waals surface area contributed by atoms with Gasteiger partial charge in [-0.3, -0.25) is 0 Å². The van der Waals surface area contributed by atoms with Crippen LogP contribution in [0.3, 0.4) is 0 Å². The lowest BCUT2D eigenvalue weighted by Crippen LogP contribution is -2.36. The lowest BCUT2D eigenvalue weighted by Gasteiger charge is -2.35. The van der Waals surface area contributed by atoms with Crippen LogP contribution in [0.2, 0.25) is 0 Å². The molecule has 0 saturated carbocycles. The van der Waals surface area contributed by atoms with Gasteiger partial charge in [-0.25, -0.2) is 0 Å². The van der Waals surface area contributed by atoms with E-state index in [9.17, 15) is 5.11 Å². The monoisotopic (exact) mass is 314 g/mol. The van der Waals surface area contributed by atoms with Crippen LogP contribution in [-0.2, 0) is 6.42 Å². The lowest BCUT2D eigenvalue weighted by molar-refractivity contribution is 0.0570. The molecule has 1 N–H and O–H groups in total. The SMILES string of the molecule is CC(C)=CCC/C(C)=C/CC[C@@]1(C)CCc2cc(O)ccc2O1. The van der Waals surface area contributed by atoms with Crippen molar-refractivity contribution in [3.8, 4) is 11.5 Å². The molecule has 2 heteroatoms. The first kappa shape index (κ1) is 17.7. The summed E-state index contributed by atoms with van der Waals surface area (Å²) in [6.45, 7) is 8.73. The number of benzene rings is 1. The Kier molecular flexibility index (Phi) is 5.92. The fourth-order valence-electron chi connectivity index (χ4n) is 3.07. The minimum absolute atomic E-state index is 0.0966. The third-order valence-electron chi connectivity index (χ3n) is 4.58. The molecule has 0 spiro atoms. The number of fused-ring (bicyclic) bond motifs is 1. The van der Waals surface area contributed by atoms with Crippen LogP contribution in [-0.4, -0.2) is 10.7 Å². The van der Waals surface area contributed by atoms with Crippen LogP contribution in [0.25, 0.3) is 0 Å². The summed E-state index contributed by atoms with van der Waals surface area (Å²) in [4.78, 5) is 0. The molecule has 1 aliphatic rings. The van der Waals surface area contributed by atoms with Crippen molar-refractivity contribution < 1.29 is 9.84 Å². The average Bonchev–Trinajstić information content (AvgIpc) is 2.47. The Bertz CT molecular complexity index is 594. The van der Waals surface area contributed by atoms with Gasteiger partial charge in [0.15, 0.2) is 0 Å². The van der Waals surface area contributed by atoms with Crippen LogP contribution >= 0.6 is 0 Å². The Morgan fingerprint density at radius 1 is 1.22 bits per heavy atom. The number of ether oxygens (including phenoxy) is 1. The molecule has 0 bridgehead atoms. The first-order chi connectivity index (χ1) is 10.9. The van der Waals surface area contributed by atoms with Crippen molar-refractivity contribution in [1.82, 2.24) is 0 Å². The summed E-state index contributed by atoms with van der Waals surface area (Å²) in [5.41, 5.74) is 3.88. The number of aryl methyl sites for hydroxylation is 1. The second kappa shape index (κ2) is 7.72.